The number of halogens is 1. The lowest BCUT2D eigenvalue weighted by Gasteiger charge is -2.24. The minimum Gasteiger partial charge on any atom is -0.466 e. The van der Waals surface area contributed by atoms with Gasteiger partial charge in [0.05, 0.1) is 13.0 Å². The lowest BCUT2D eigenvalue weighted by molar-refractivity contribution is -0.143. The van der Waals surface area contributed by atoms with Crippen molar-refractivity contribution in [1.82, 2.24) is 4.57 Å². The molecular weight excluding hydrogens is 298 g/mol. The highest BCUT2D eigenvalue weighted by atomic mass is 35.5. The average Bonchev–Trinajstić information content (AvgIpc) is 2.81. The van der Waals surface area contributed by atoms with Crippen LogP contribution in [0.4, 0.5) is 0 Å². The molecule has 4 heteroatoms. The molecule has 3 nitrogen and oxygen atoms in total. The summed E-state index contributed by atoms with van der Waals surface area (Å²) in [6.45, 7) is 5.37. The number of esters is 1. The number of aryl methyl sites for hydroxylation is 2. The molecule has 1 unspecified atom stereocenters. The highest BCUT2D eigenvalue weighted by molar-refractivity contribution is 6.31. The Morgan fingerprint density at radius 2 is 2.23 bits per heavy atom. The molecule has 3 rings (SSSR count). The summed E-state index contributed by atoms with van der Waals surface area (Å²) in [5, 5.41) is 2.02. The standard InChI is InChI=1S/C18H22ClNO2/c1-3-20-16-9-8-13(19)11-15(16)14-7-5-6-12(18(14)20)10-17(21)22-4-2/h8-9,11-12H,3-7,10H2,1-2H3. The first kappa shape index (κ1) is 15.4. The zero-order valence-corrected chi connectivity index (χ0v) is 13.9. The van der Waals surface area contributed by atoms with Gasteiger partial charge in [-0.05, 0) is 56.9 Å². The minimum atomic E-state index is -0.0914. The fourth-order valence-corrected chi connectivity index (χ4v) is 3.94. The number of aromatic nitrogens is 1. The van der Waals surface area contributed by atoms with Crippen molar-refractivity contribution in [3.05, 3.63) is 34.5 Å². The molecule has 0 saturated heterocycles. The van der Waals surface area contributed by atoms with Gasteiger partial charge in [-0.15, -0.1) is 0 Å². The second-order valence-corrected chi connectivity index (χ2v) is 6.30. The number of carbonyl (C=O) groups excluding carboxylic acids is 1. The van der Waals surface area contributed by atoms with Crippen LogP contribution in [0.2, 0.25) is 5.02 Å². The van der Waals surface area contributed by atoms with Gasteiger partial charge in [-0.2, -0.15) is 0 Å². The van der Waals surface area contributed by atoms with Gasteiger partial charge < -0.3 is 9.30 Å². The third-order valence-corrected chi connectivity index (χ3v) is 4.81. The van der Waals surface area contributed by atoms with E-state index in [-0.39, 0.29) is 11.9 Å². The van der Waals surface area contributed by atoms with Crippen LogP contribution in [-0.2, 0) is 22.5 Å². The van der Waals surface area contributed by atoms with Crippen molar-refractivity contribution in [2.75, 3.05) is 6.61 Å². The van der Waals surface area contributed by atoms with Gasteiger partial charge in [-0.3, -0.25) is 4.79 Å². The van der Waals surface area contributed by atoms with Crippen LogP contribution in [0.25, 0.3) is 10.9 Å². The molecule has 2 aromatic rings. The Balaban J connectivity index is 2.08. The van der Waals surface area contributed by atoms with Crippen molar-refractivity contribution in [1.29, 1.82) is 0 Å². The van der Waals surface area contributed by atoms with Crippen LogP contribution in [0.3, 0.4) is 0 Å². The largest absolute Gasteiger partial charge is 0.466 e. The van der Waals surface area contributed by atoms with Gasteiger partial charge in [0.15, 0.2) is 0 Å². The fourth-order valence-electron chi connectivity index (χ4n) is 3.77. The van der Waals surface area contributed by atoms with Gasteiger partial charge in [0, 0.05) is 34.1 Å². The second kappa shape index (κ2) is 6.33. The van der Waals surface area contributed by atoms with Gasteiger partial charge in [0.1, 0.15) is 0 Å². The molecule has 0 fully saturated rings. The first-order valence-corrected chi connectivity index (χ1v) is 8.49. The zero-order valence-electron chi connectivity index (χ0n) is 13.2. The van der Waals surface area contributed by atoms with E-state index in [0.717, 1.165) is 30.8 Å². The predicted octanol–water partition coefficient (Wildman–Crippen LogP) is 4.69. The van der Waals surface area contributed by atoms with E-state index in [1.54, 1.807) is 0 Å². The Labute approximate surface area is 136 Å². The van der Waals surface area contributed by atoms with Crippen LogP contribution in [0.5, 0.6) is 0 Å². The van der Waals surface area contributed by atoms with E-state index in [0.29, 0.717) is 13.0 Å². The lowest BCUT2D eigenvalue weighted by atomic mass is 9.84. The molecule has 0 spiro atoms. The SMILES string of the molecule is CCOC(=O)CC1CCCc2c1n(CC)c1ccc(Cl)cc21. The van der Waals surface area contributed by atoms with Crippen molar-refractivity contribution >= 4 is 28.5 Å². The molecule has 118 valence electrons. The maximum atomic E-state index is 11.9. The minimum absolute atomic E-state index is 0.0914. The highest BCUT2D eigenvalue weighted by Crippen LogP contribution is 2.41. The van der Waals surface area contributed by atoms with Crippen LogP contribution in [0, 0.1) is 0 Å². The smallest absolute Gasteiger partial charge is 0.306 e. The molecule has 0 bridgehead atoms. The Bertz CT molecular complexity index is 705. The summed E-state index contributed by atoms with van der Waals surface area (Å²) in [7, 11) is 0. The third kappa shape index (κ3) is 2.63. The van der Waals surface area contributed by atoms with E-state index in [9.17, 15) is 4.79 Å². The fraction of sp³-hybridized carbons (Fsp3) is 0.500. The van der Waals surface area contributed by atoms with Crippen molar-refractivity contribution in [2.45, 2.75) is 52.0 Å². The molecule has 1 aliphatic rings. The molecule has 0 radical (unpaired) electrons. The average molecular weight is 320 g/mol. The van der Waals surface area contributed by atoms with Crippen molar-refractivity contribution < 1.29 is 9.53 Å². The molecule has 1 aromatic carbocycles. The molecular formula is C18H22ClNO2. The molecule has 0 saturated carbocycles. The van der Waals surface area contributed by atoms with E-state index in [2.05, 4.69) is 23.6 Å². The zero-order chi connectivity index (χ0) is 15.7. The summed E-state index contributed by atoms with van der Waals surface area (Å²) in [4.78, 5) is 11.9. The van der Waals surface area contributed by atoms with Crippen LogP contribution in [0.1, 0.15) is 50.3 Å². The maximum absolute atomic E-state index is 11.9. The number of rotatable bonds is 4. The number of ether oxygens (including phenoxy) is 1. The number of hydrogen-bond donors (Lipinski definition) is 0. The van der Waals surface area contributed by atoms with E-state index in [1.807, 2.05) is 13.0 Å². The second-order valence-electron chi connectivity index (χ2n) is 5.87. The summed E-state index contributed by atoms with van der Waals surface area (Å²) in [6.07, 6.45) is 3.71. The van der Waals surface area contributed by atoms with Gasteiger partial charge in [0.2, 0.25) is 0 Å². The Hall–Kier alpha value is -1.48. The molecule has 1 aromatic heterocycles. The van der Waals surface area contributed by atoms with Crippen molar-refractivity contribution in [3.8, 4) is 0 Å². The van der Waals surface area contributed by atoms with Crippen LogP contribution < -0.4 is 0 Å². The Morgan fingerprint density at radius 3 is 2.95 bits per heavy atom. The topological polar surface area (TPSA) is 31.2 Å². The Morgan fingerprint density at radius 1 is 1.41 bits per heavy atom. The summed E-state index contributed by atoms with van der Waals surface area (Å²) >= 11 is 6.19. The lowest BCUT2D eigenvalue weighted by Crippen LogP contribution is -2.18. The molecule has 1 heterocycles. The van der Waals surface area contributed by atoms with E-state index in [4.69, 9.17) is 16.3 Å². The highest BCUT2D eigenvalue weighted by Gasteiger charge is 2.29. The van der Waals surface area contributed by atoms with Gasteiger partial charge in [-0.1, -0.05) is 11.6 Å². The van der Waals surface area contributed by atoms with Crippen LogP contribution in [-0.4, -0.2) is 17.1 Å². The summed E-state index contributed by atoms with van der Waals surface area (Å²) in [5.74, 6) is 0.167. The normalized spacial score (nSPS) is 17.5. The molecule has 0 N–H and O–H groups in total. The number of nitrogens with zero attached hydrogens (tertiary/aromatic N) is 1. The third-order valence-electron chi connectivity index (χ3n) is 4.58. The summed E-state index contributed by atoms with van der Waals surface area (Å²) < 4.78 is 7.51. The molecule has 1 aliphatic carbocycles. The summed E-state index contributed by atoms with van der Waals surface area (Å²) in [6, 6.07) is 6.11. The number of carbonyl (C=O) groups is 1. The first-order valence-electron chi connectivity index (χ1n) is 8.11. The van der Waals surface area contributed by atoms with Gasteiger partial charge >= 0.3 is 5.97 Å². The molecule has 22 heavy (non-hydrogen) atoms. The van der Waals surface area contributed by atoms with E-state index in [1.165, 1.54) is 22.2 Å². The van der Waals surface area contributed by atoms with Crippen molar-refractivity contribution in [3.63, 3.8) is 0 Å². The van der Waals surface area contributed by atoms with Crippen LogP contribution >= 0.6 is 11.6 Å². The molecule has 0 amide bonds. The van der Waals surface area contributed by atoms with Gasteiger partial charge in [0.25, 0.3) is 0 Å². The van der Waals surface area contributed by atoms with Gasteiger partial charge in [-0.25, -0.2) is 0 Å². The number of benzene rings is 1. The number of fused-ring (bicyclic) bond motifs is 3. The van der Waals surface area contributed by atoms with Crippen molar-refractivity contribution in [2.24, 2.45) is 0 Å². The maximum Gasteiger partial charge on any atom is 0.306 e. The first-order chi connectivity index (χ1) is 10.7. The predicted molar refractivity (Wildman–Crippen MR) is 89.6 cm³/mol. The van der Waals surface area contributed by atoms with E-state index < -0.39 is 0 Å². The monoisotopic (exact) mass is 319 g/mol. The molecule has 0 aliphatic heterocycles. The Kier molecular flexibility index (Phi) is 4.44. The number of hydrogen-bond acceptors (Lipinski definition) is 2. The van der Waals surface area contributed by atoms with E-state index >= 15 is 0 Å². The molecule has 1 atom stereocenters. The quantitative estimate of drug-likeness (QED) is 0.766. The summed E-state index contributed by atoms with van der Waals surface area (Å²) in [5.41, 5.74) is 3.92. The van der Waals surface area contributed by atoms with Crippen LogP contribution in [0.15, 0.2) is 18.2 Å².